The van der Waals surface area contributed by atoms with E-state index in [2.05, 4.69) is 21.2 Å². The van der Waals surface area contributed by atoms with E-state index in [1.165, 1.54) is 6.07 Å². The van der Waals surface area contributed by atoms with Crippen LogP contribution in [0.25, 0.3) is 5.70 Å². The van der Waals surface area contributed by atoms with E-state index < -0.39 is 17.6 Å². The van der Waals surface area contributed by atoms with Gasteiger partial charge in [0.1, 0.15) is 0 Å². The molecule has 204 valence electrons. The number of nitrogens with two attached hydrogens (primary N) is 1. The van der Waals surface area contributed by atoms with Crippen molar-refractivity contribution in [2.24, 2.45) is 12.8 Å². The van der Waals surface area contributed by atoms with Gasteiger partial charge in [-0.25, -0.2) is 5.43 Å². The van der Waals surface area contributed by atoms with Gasteiger partial charge in [-0.2, -0.15) is 18.3 Å². The molecule has 8 nitrogen and oxygen atoms in total. The number of carbonyl (C=O) groups is 1. The summed E-state index contributed by atoms with van der Waals surface area (Å²) in [5.74, 6) is -0.538. The van der Waals surface area contributed by atoms with Crippen molar-refractivity contribution in [2.45, 2.75) is 46.5 Å². The molecule has 0 spiro atoms. The molecule has 0 atom stereocenters. The number of anilines is 2. The van der Waals surface area contributed by atoms with E-state index in [1.54, 1.807) is 47.3 Å². The Kier molecular flexibility index (Phi) is 8.85. The number of aromatic nitrogens is 2. The van der Waals surface area contributed by atoms with Crippen molar-refractivity contribution in [2.75, 3.05) is 17.4 Å². The fraction of sp³-hybridized carbons (Fsp3) is 0.333. The van der Waals surface area contributed by atoms with E-state index in [-0.39, 0.29) is 23.8 Å². The summed E-state index contributed by atoms with van der Waals surface area (Å²) in [6.07, 6.45) is -1.18. The molecule has 5 N–H and O–H groups in total. The molecular formula is C27H34F3N7O. The van der Waals surface area contributed by atoms with Crippen LogP contribution in [0.3, 0.4) is 0 Å². The summed E-state index contributed by atoms with van der Waals surface area (Å²) in [5, 5.41) is 11.6. The first kappa shape index (κ1) is 28.7. The highest BCUT2D eigenvalue weighted by Crippen LogP contribution is 2.32. The standard InChI is InChI=1S/C27H34F3N7O/c1-16(2)33-13-19-9-21(27(28,29)30)12-22(10-19)35-26(38)20-8-7-17(3)25(11-20)37(32-5)15-24(31)23-14-34-36(6)18(23)4/h7-12,14-16,32-33H,13,31H2,1-6H3,(H,35,38)/b24-15-. The molecular weight excluding hydrogens is 495 g/mol. The SMILES string of the molecule is CNN(/C=C(\N)c1cnn(C)c1C)c1cc(C(=O)Nc2cc(CNC(C)C)cc(C(F)(F)F)c2)ccc1C. The lowest BCUT2D eigenvalue weighted by Gasteiger charge is -2.23. The summed E-state index contributed by atoms with van der Waals surface area (Å²) in [7, 11) is 3.53. The third-order valence-electron chi connectivity index (χ3n) is 6.08. The lowest BCUT2D eigenvalue weighted by Crippen LogP contribution is -2.31. The number of hydrogen-bond donors (Lipinski definition) is 4. The Morgan fingerprint density at radius 2 is 1.89 bits per heavy atom. The monoisotopic (exact) mass is 529 g/mol. The largest absolute Gasteiger partial charge is 0.416 e. The van der Waals surface area contributed by atoms with Crippen LogP contribution in [-0.2, 0) is 19.8 Å². The van der Waals surface area contributed by atoms with E-state index in [0.29, 0.717) is 16.9 Å². The lowest BCUT2D eigenvalue weighted by molar-refractivity contribution is -0.137. The number of amides is 1. The third-order valence-corrected chi connectivity index (χ3v) is 6.08. The maximum atomic E-state index is 13.5. The van der Waals surface area contributed by atoms with Gasteiger partial charge in [0.15, 0.2) is 0 Å². The number of hydrogen-bond acceptors (Lipinski definition) is 6. The van der Waals surface area contributed by atoms with E-state index in [0.717, 1.165) is 29.0 Å². The van der Waals surface area contributed by atoms with Gasteiger partial charge >= 0.3 is 6.18 Å². The number of benzene rings is 2. The lowest BCUT2D eigenvalue weighted by atomic mass is 10.1. The highest BCUT2D eigenvalue weighted by Gasteiger charge is 2.31. The topological polar surface area (TPSA) is 100 Å². The molecule has 0 radical (unpaired) electrons. The van der Waals surface area contributed by atoms with Gasteiger partial charge in [-0.05, 0) is 55.3 Å². The summed E-state index contributed by atoms with van der Waals surface area (Å²) >= 11 is 0. The molecule has 0 aliphatic rings. The highest BCUT2D eigenvalue weighted by molar-refractivity contribution is 6.05. The van der Waals surface area contributed by atoms with Gasteiger partial charge in [-0.1, -0.05) is 19.9 Å². The fourth-order valence-electron chi connectivity index (χ4n) is 3.81. The molecule has 1 amide bonds. The second-order valence-electron chi connectivity index (χ2n) is 9.35. The van der Waals surface area contributed by atoms with Crippen molar-refractivity contribution in [3.05, 3.63) is 82.3 Å². The number of aryl methyl sites for hydroxylation is 2. The number of nitrogens with zero attached hydrogens (tertiary/aromatic N) is 3. The molecule has 0 unspecified atom stereocenters. The van der Waals surface area contributed by atoms with E-state index in [1.807, 2.05) is 34.7 Å². The van der Waals surface area contributed by atoms with Crippen LogP contribution in [-0.4, -0.2) is 28.8 Å². The third kappa shape index (κ3) is 6.93. The van der Waals surface area contributed by atoms with Crippen LogP contribution in [0, 0.1) is 13.8 Å². The average molecular weight is 530 g/mol. The molecule has 38 heavy (non-hydrogen) atoms. The number of hydrazine groups is 1. The number of rotatable bonds is 9. The zero-order valence-corrected chi connectivity index (χ0v) is 22.4. The van der Waals surface area contributed by atoms with Crippen molar-refractivity contribution in [3.8, 4) is 0 Å². The first-order valence-electron chi connectivity index (χ1n) is 12.1. The molecule has 1 heterocycles. The number of halogens is 3. The second-order valence-corrected chi connectivity index (χ2v) is 9.35. The van der Waals surface area contributed by atoms with Gasteiger partial charge in [0.05, 0.1) is 23.1 Å². The maximum absolute atomic E-state index is 13.5. The van der Waals surface area contributed by atoms with Gasteiger partial charge in [-0.3, -0.25) is 14.5 Å². The second kappa shape index (κ2) is 11.7. The van der Waals surface area contributed by atoms with Gasteiger partial charge in [0, 0.05) is 55.4 Å². The molecule has 0 aliphatic carbocycles. The molecule has 0 saturated carbocycles. The normalized spacial score (nSPS) is 12.2. The molecule has 0 bridgehead atoms. The summed E-state index contributed by atoms with van der Waals surface area (Å²) in [4.78, 5) is 13.1. The predicted molar refractivity (Wildman–Crippen MR) is 144 cm³/mol. The van der Waals surface area contributed by atoms with Crippen molar-refractivity contribution in [1.29, 1.82) is 0 Å². The Labute approximate surface area is 220 Å². The Hall–Kier alpha value is -3.83. The van der Waals surface area contributed by atoms with Crippen LogP contribution in [0.15, 0.2) is 48.8 Å². The first-order chi connectivity index (χ1) is 17.8. The minimum atomic E-state index is -4.55. The van der Waals surface area contributed by atoms with Crippen molar-refractivity contribution in [3.63, 3.8) is 0 Å². The minimum absolute atomic E-state index is 0.0640. The molecule has 3 aromatic rings. The summed E-state index contributed by atoms with van der Waals surface area (Å²) in [6.45, 7) is 7.82. The van der Waals surface area contributed by atoms with Crippen molar-refractivity contribution >= 4 is 23.0 Å². The average Bonchev–Trinajstić information content (AvgIpc) is 3.19. The van der Waals surface area contributed by atoms with Crippen LogP contribution in [0.5, 0.6) is 0 Å². The van der Waals surface area contributed by atoms with Crippen molar-refractivity contribution in [1.82, 2.24) is 20.5 Å². The Morgan fingerprint density at radius 3 is 2.47 bits per heavy atom. The molecule has 0 saturated heterocycles. The first-order valence-corrected chi connectivity index (χ1v) is 12.1. The molecule has 2 aromatic carbocycles. The number of carbonyl (C=O) groups excluding carboxylic acids is 1. The summed E-state index contributed by atoms with van der Waals surface area (Å²) in [5.41, 5.74) is 12.9. The Balaban J connectivity index is 1.91. The Bertz CT molecular complexity index is 1330. The zero-order valence-electron chi connectivity index (χ0n) is 22.4. The predicted octanol–water partition coefficient (Wildman–Crippen LogP) is 4.70. The van der Waals surface area contributed by atoms with E-state index in [4.69, 9.17) is 5.73 Å². The molecule has 11 heteroatoms. The molecule has 0 aliphatic heterocycles. The zero-order chi connectivity index (χ0) is 28.2. The summed E-state index contributed by atoms with van der Waals surface area (Å²) < 4.78 is 42.3. The van der Waals surface area contributed by atoms with Crippen molar-refractivity contribution < 1.29 is 18.0 Å². The highest BCUT2D eigenvalue weighted by atomic mass is 19.4. The molecule has 0 fully saturated rings. The Morgan fingerprint density at radius 1 is 1.18 bits per heavy atom. The fourth-order valence-corrected chi connectivity index (χ4v) is 3.81. The van der Waals surface area contributed by atoms with Gasteiger partial charge in [0.2, 0.25) is 0 Å². The van der Waals surface area contributed by atoms with Crippen LogP contribution in [0.2, 0.25) is 0 Å². The van der Waals surface area contributed by atoms with Gasteiger partial charge in [0.25, 0.3) is 5.91 Å². The van der Waals surface area contributed by atoms with Crippen LogP contribution in [0.1, 0.15) is 52.2 Å². The molecule has 3 rings (SSSR count). The summed E-state index contributed by atoms with van der Waals surface area (Å²) in [6, 6.07) is 8.68. The van der Waals surface area contributed by atoms with Crippen LogP contribution in [0.4, 0.5) is 24.5 Å². The van der Waals surface area contributed by atoms with Gasteiger partial charge in [-0.15, -0.1) is 0 Å². The van der Waals surface area contributed by atoms with Crippen LogP contribution < -0.4 is 26.8 Å². The molecule has 1 aromatic heterocycles. The maximum Gasteiger partial charge on any atom is 0.416 e. The smallest absolute Gasteiger partial charge is 0.397 e. The number of nitrogens with one attached hydrogen (secondary N) is 3. The number of alkyl halides is 3. The van der Waals surface area contributed by atoms with Crippen LogP contribution >= 0.6 is 0 Å². The minimum Gasteiger partial charge on any atom is -0.397 e. The quantitative estimate of drug-likeness (QED) is 0.300. The van der Waals surface area contributed by atoms with E-state index in [9.17, 15) is 18.0 Å². The van der Waals surface area contributed by atoms with Gasteiger partial charge < -0.3 is 16.4 Å². The van der Waals surface area contributed by atoms with E-state index >= 15 is 0 Å².